The monoisotopic (exact) mass is 164 g/mol. The zero-order valence-electron chi connectivity index (χ0n) is 6.52. The number of hydrogen-bond donors (Lipinski definition) is 2. The highest BCUT2D eigenvalue weighted by molar-refractivity contribution is 5.85. The van der Waals surface area contributed by atoms with Gasteiger partial charge in [0.15, 0.2) is 0 Å². The summed E-state index contributed by atoms with van der Waals surface area (Å²) >= 11 is 0. The Morgan fingerprint density at radius 3 is 2.60 bits per heavy atom. The van der Waals surface area contributed by atoms with Crippen molar-refractivity contribution in [3.8, 4) is 0 Å². The predicted octanol–water partition coefficient (Wildman–Crippen LogP) is 0.923. The maximum absolute atomic E-state index is 5.28. The van der Waals surface area contributed by atoms with Crippen molar-refractivity contribution in [3.63, 3.8) is 0 Å². The Balaban J connectivity index is 0. The second-order valence-corrected chi connectivity index (χ2v) is 2.28. The van der Waals surface area contributed by atoms with Crippen LogP contribution in [-0.2, 0) is 0 Å². The molecule has 62 valence electrons. The van der Waals surface area contributed by atoms with Crippen LogP contribution in [0.1, 0.15) is 13.3 Å². The molecule has 2 nitrogen and oxygen atoms in total. The van der Waals surface area contributed by atoms with E-state index in [2.05, 4.69) is 11.9 Å². The lowest BCUT2D eigenvalue weighted by molar-refractivity contribution is 0.689. The number of rotatable bonds is 5. The minimum Gasteiger partial charge on any atom is -0.330 e. The number of nitrogens with two attached hydrogens (primary N) is 1. The Kier molecular flexibility index (Phi) is 11.3. The summed E-state index contributed by atoms with van der Waals surface area (Å²) in [6.07, 6.45) is 1.05. The van der Waals surface area contributed by atoms with Crippen LogP contribution >= 0.6 is 12.4 Å². The van der Waals surface area contributed by atoms with Gasteiger partial charge in [0, 0.05) is 6.54 Å². The van der Waals surface area contributed by atoms with Gasteiger partial charge in [-0.15, -0.1) is 12.4 Å². The molecule has 0 aromatic rings. The van der Waals surface area contributed by atoms with E-state index in [1.165, 1.54) is 5.57 Å². The molecular weight excluding hydrogens is 148 g/mol. The molecule has 0 saturated carbocycles. The Bertz CT molecular complexity index is 83.7. The van der Waals surface area contributed by atoms with Gasteiger partial charge >= 0.3 is 0 Å². The van der Waals surface area contributed by atoms with Crippen LogP contribution in [0.3, 0.4) is 0 Å². The van der Waals surface area contributed by atoms with Crippen molar-refractivity contribution >= 4 is 12.4 Å². The van der Waals surface area contributed by atoms with Crippen molar-refractivity contribution in [1.29, 1.82) is 0 Å². The zero-order chi connectivity index (χ0) is 7.11. The second kappa shape index (κ2) is 8.95. The van der Waals surface area contributed by atoms with Crippen LogP contribution in [0.4, 0.5) is 0 Å². The van der Waals surface area contributed by atoms with E-state index in [-0.39, 0.29) is 12.4 Å². The fourth-order valence-corrected chi connectivity index (χ4v) is 0.529. The van der Waals surface area contributed by atoms with E-state index in [1.807, 2.05) is 6.92 Å². The molecule has 0 heterocycles. The van der Waals surface area contributed by atoms with E-state index < -0.39 is 0 Å². The predicted molar refractivity (Wildman–Crippen MR) is 48.6 cm³/mol. The third kappa shape index (κ3) is 10.8. The average Bonchev–Trinajstić information content (AvgIpc) is 1.80. The molecule has 0 aliphatic heterocycles. The highest BCUT2D eigenvalue weighted by atomic mass is 35.5. The summed E-state index contributed by atoms with van der Waals surface area (Å²) in [6.45, 7) is 8.46. The summed E-state index contributed by atoms with van der Waals surface area (Å²) in [7, 11) is 0. The molecule has 0 fully saturated rings. The molecule has 0 atom stereocenters. The van der Waals surface area contributed by atoms with Gasteiger partial charge in [0.25, 0.3) is 0 Å². The van der Waals surface area contributed by atoms with Crippen molar-refractivity contribution in [2.24, 2.45) is 5.73 Å². The average molecular weight is 165 g/mol. The first kappa shape index (κ1) is 12.6. The molecule has 0 aromatic carbocycles. The van der Waals surface area contributed by atoms with E-state index in [1.54, 1.807) is 0 Å². The van der Waals surface area contributed by atoms with Gasteiger partial charge in [-0.25, -0.2) is 0 Å². The van der Waals surface area contributed by atoms with Crippen molar-refractivity contribution < 1.29 is 0 Å². The summed E-state index contributed by atoms with van der Waals surface area (Å²) < 4.78 is 0. The minimum atomic E-state index is 0. The molecule has 10 heavy (non-hydrogen) atoms. The smallest absolute Gasteiger partial charge is 0.0159 e. The fraction of sp³-hybridized carbons (Fsp3) is 0.714. The van der Waals surface area contributed by atoms with E-state index in [4.69, 9.17) is 5.73 Å². The van der Waals surface area contributed by atoms with Gasteiger partial charge < -0.3 is 11.1 Å². The fourth-order valence-electron chi connectivity index (χ4n) is 0.529. The van der Waals surface area contributed by atoms with Gasteiger partial charge in [-0.3, -0.25) is 0 Å². The van der Waals surface area contributed by atoms with Crippen molar-refractivity contribution in [1.82, 2.24) is 5.32 Å². The molecule has 0 radical (unpaired) electrons. The summed E-state index contributed by atoms with van der Waals surface area (Å²) in [4.78, 5) is 0. The van der Waals surface area contributed by atoms with Gasteiger partial charge in [-0.1, -0.05) is 12.2 Å². The van der Waals surface area contributed by atoms with E-state index in [0.29, 0.717) is 0 Å². The summed E-state index contributed by atoms with van der Waals surface area (Å²) in [5, 5.41) is 3.21. The third-order valence-electron chi connectivity index (χ3n) is 0.984. The maximum atomic E-state index is 5.28. The van der Waals surface area contributed by atoms with Crippen molar-refractivity contribution in [2.45, 2.75) is 13.3 Å². The normalized spacial score (nSPS) is 8.60. The second-order valence-electron chi connectivity index (χ2n) is 2.28. The van der Waals surface area contributed by atoms with Gasteiger partial charge in [0.05, 0.1) is 0 Å². The molecule has 3 N–H and O–H groups in total. The maximum Gasteiger partial charge on any atom is 0.0159 e. The standard InChI is InChI=1S/C7H16N2.ClH/c1-7(2)6-9-5-3-4-8;/h9H,1,3-6,8H2,2H3;1H. The molecule has 0 amide bonds. The molecule has 0 unspecified atom stereocenters. The number of hydrogen-bond acceptors (Lipinski definition) is 2. The zero-order valence-corrected chi connectivity index (χ0v) is 7.34. The minimum absolute atomic E-state index is 0. The van der Waals surface area contributed by atoms with Gasteiger partial charge in [0.2, 0.25) is 0 Å². The number of halogens is 1. The molecule has 0 rings (SSSR count). The van der Waals surface area contributed by atoms with Crippen molar-refractivity contribution in [2.75, 3.05) is 19.6 Å². The van der Waals surface area contributed by atoms with Gasteiger partial charge in [-0.2, -0.15) is 0 Å². The lowest BCUT2D eigenvalue weighted by Gasteiger charge is -2.00. The van der Waals surface area contributed by atoms with Crippen LogP contribution < -0.4 is 11.1 Å². The molecule has 0 aliphatic carbocycles. The largest absolute Gasteiger partial charge is 0.330 e. The van der Waals surface area contributed by atoms with E-state index in [9.17, 15) is 0 Å². The first-order valence-electron chi connectivity index (χ1n) is 3.32. The Labute approximate surface area is 69.3 Å². The molecule has 0 spiro atoms. The molecule has 0 saturated heterocycles. The topological polar surface area (TPSA) is 38.0 Å². The summed E-state index contributed by atoms with van der Waals surface area (Å²) in [6, 6.07) is 0. The first-order valence-corrected chi connectivity index (χ1v) is 3.32. The highest BCUT2D eigenvalue weighted by Crippen LogP contribution is 1.80. The molecular formula is C7H17ClN2. The molecule has 0 aromatic heterocycles. The molecule has 3 heteroatoms. The SMILES string of the molecule is C=C(C)CNCCCN.Cl. The highest BCUT2D eigenvalue weighted by Gasteiger charge is 1.84. The van der Waals surface area contributed by atoms with Crippen LogP contribution in [-0.4, -0.2) is 19.6 Å². The quantitative estimate of drug-likeness (QED) is 0.469. The van der Waals surface area contributed by atoms with Crippen LogP contribution in [0.2, 0.25) is 0 Å². The van der Waals surface area contributed by atoms with Crippen LogP contribution in [0.25, 0.3) is 0 Å². The summed E-state index contributed by atoms with van der Waals surface area (Å²) in [5.41, 5.74) is 6.46. The Hall–Kier alpha value is -0.0500. The van der Waals surface area contributed by atoms with E-state index in [0.717, 1.165) is 26.1 Å². The van der Waals surface area contributed by atoms with Crippen molar-refractivity contribution in [3.05, 3.63) is 12.2 Å². The van der Waals surface area contributed by atoms with Crippen LogP contribution in [0.5, 0.6) is 0 Å². The third-order valence-corrected chi connectivity index (χ3v) is 0.984. The first-order chi connectivity index (χ1) is 4.27. The molecule has 0 aliphatic rings. The Morgan fingerprint density at radius 1 is 1.60 bits per heavy atom. The van der Waals surface area contributed by atoms with E-state index >= 15 is 0 Å². The summed E-state index contributed by atoms with van der Waals surface area (Å²) in [5.74, 6) is 0. The lowest BCUT2D eigenvalue weighted by Crippen LogP contribution is -2.19. The van der Waals surface area contributed by atoms with Crippen LogP contribution in [0, 0.1) is 0 Å². The molecule has 0 bridgehead atoms. The Morgan fingerprint density at radius 2 is 2.20 bits per heavy atom. The lowest BCUT2D eigenvalue weighted by atomic mass is 10.3. The van der Waals surface area contributed by atoms with Gasteiger partial charge in [-0.05, 0) is 26.4 Å². The van der Waals surface area contributed by atoms with Crippen LogP contribution in [0.15, 0.2) is 12.2 Å². The van der Waals surface area contributed by atoms with Gasteiger partial charge in [0.1, 0.15) is 0 Å². The number of nitrogens with one attached hydrogen (secondary N) is 1.